The molecule has 0 aliphatic carbocycles. The van der Waals surface area contributed by atoms with Crippen LogP contribution in [-0.2, 0) is 16.0 Å². The molecule has 0 unspecified atom stereocenters. The zero-order valence-electron chi connectivity index (χ0n) is 17.2. The van der Waals surface area contributed by atoms with Gasteiger partial charge in [0.15, 0.2) is 0 Å². The first-order valence-electron chi connectivity index (χ1n) is 9.63. The van der Waals surface area contributed by atoms with Gasteiger partial charge in [-0.2, -0.15) is 0 Å². The number of pyridine rings is 2. The third-order valence-corrected chi connectivity index (χ3v) is 5.01. The zero-order chi connectivity index (χ0) is 23.7. The van der Waals surface area contributed by atoms with Gasteiger partial charge in [-0.05, 0) is 29.8 Å². The lowest BCUT2D eigenvalue weighted by Crippen LogP contribution is -2.27. The van der Waals surface area contributed by atoms with Gasteiger partial charge in [0.2, 0.25) is 5.91 Å². The molecular formula is C22H17N5O6. The second kappa shape index (κ2) is 8.38. The molecule has 0 saturated carbocycles. The van der Waals surface area contributed by atoms with E-state index in [9.17, 15) is 24.0 Å². The number of esters is 1. The lowest BCUT2D eigenvalue weighted by molar-refractivity contribution is -0.115. The summed E-state index contributed by atoms with van der Waals surface area (Å²) >= 11 is 0. The van der Waals surface area contributed by atoms with Gasteiger partial charge in [-0.1, -0.05) is 6.07 Å². The molecule has 0 radical (unpaired) electrons. The van der Waals surface area contributed by atoms with Crippen molar-refractivity contribution in [1.82, 2.24) is 14.9 Å². The first-order chi connectivity index (χ1) is 15.8. The first-order valence-corrected chi connectivity index (χ1v) is 9.63. The monoisotopic (exact) mass is 447 g/mol. The van der Waals surface area contributed by atoms with Crippen molar-refractivity contribution in [1.29, 1.82) is 0 Å². The summed E-state index contributed by atoms with van der Waals surface area (Å²) in [5.74, 6) is -3.13. The fraction of sp³-hybridized carbons (Fsp3) is 0.0909. The Labute approximate surface area is 186 Å². The number of para-hydroxylation sites is 1. The van der Waals surface area contributed by atoms with Crippen LogP contribution in [0.2, 0.25) is 0 Å². The minimum Gasteiger partial charge on any atom is -0.465 e. The molecule has 0 bridgehead atoms. The molecule has 11 heteroatoms. The van der Waals surface area contributed by atoms with Crippen molar-refractivity contribution in [2.75, 3.05) is 18.2 Å². The number of methoxy groups -OCH3 is 1. The van der Waals surface area contributed by atoms with Crippen LogP contribution in [0.3, 0.4) is 0 Å². The molecule has 3 amide bonds. The van der Waals surface area contributed by atoms with E-state index < -0.39 is 29.3 Å². The molecule has 33 heavy (non-hydrogen) atoms. The molecule has 3 aromatic rings. The van der Waals surface area contributed by atoms with Crippen LogP contribution in [0.15, 0.2) is 53.6 Å². The second-order valence-corrected chi connectivity index (χ2v) is 7.05. The number of benzene rings is 1. The predicted molar refractivity (Wildman–Crippen MR) is 116 cm³/mol. The van der Waals surface area contributed by atoms with Crippen molar-refractivity contribution in [3.63, 3.8) is 0 Å². The molecular weight excluding hydrogens is 430 g/mol. The summed E-state index contributed by atoms with van der Waals surface area (Å²) in [5, 5.41) is 4.74. The summed E-state index contributed by atoms with van der Waals surface area (Å²) in [6, 6.07) is 8.62. The van der Waals surface area contributed by atoms with Gasteiger partial charge in [0, 0.05) is 18.5 Å². The van der Waals surface area contributed by atoms with Crippen LogP contribution in [-0.4, -0.2) is 40.4 Å². The maximum absolute atomic E-state index is 13.0. The lowest BCUT2D eigenvalue weighted by Gasteiger charge is -2.19. The van der Waals surface area contributed by atoms with Crippen LogP contribution in [0.1, 0.15) is 36.6 Å². The molecule has 0 atom stereocenters. The van der Waals surface area contributed by atoms with Crippen LogP contribution in [0, 0.1) is 0 Å². The van der Waals surface area contributed by atoms with E-state index >= 15 is 0 Å². The van der Waals surface area contributed by atoms with Crippen molar-refractivity contribution >= 4 is 35.2 Å². The van der Waals surface area contributed by atoms with Crippen molar-refractivity contribution in [2.24, 2.45) is 0 Å². The van der Waals surface area contributed by atoms with Crippen LogP contribution >= 0.6 is 0 Å². The van der Waals surface area contributed by atoms with Gasteiger partial charge in [0.1, 0.15) is 5.82 Å². The number of imide groups is 1. The first kappa shape index (κ1) is 21.4. The summed E-state index contributed by atoms with van der Waals surface area (Å²) in [6.45, 7) is 0. The number of nitrogen functional groups attached to an aromatic ring is 1. The quantitative estimate of drug-likeness (QED) is 0.379. The number of carbonyl (C=O) groups excluding carboxylic acids is 4. The molecule has 0 fully saturated rings. The van der Waals surface area contributed by atoms with Gasteiger partial charge >= 0.3 is 5.97 Å². The number of carbonyl (C=O) groups is 4. The molecule has 11 nitrogen and oxygen atoms in total. The molecule has 166 valence electrons. The highest BCUT2D eigenvalue weighted by atomic mass is 16.5. The standard InChI is InChI=1S/C22H17N5O6/c1-33-22(32)12-3-2-4-14(25-15(28)9-11-5-7-24-8-6-11)18(12)27-16(29)10-13-17(19(27)23)21(31)26-20(13)30/h2-8,10H,9,23H2,1H3,(H,25,28)(H,26,30,31). The number of fused-ring (bicyclic) bond motifs is 1. The Hall–Kier alpha value is -4.80. The molecule has 1 aromatic carbocycles. The highest BCUT2D eigenvalue weighted by Crippen LogP contribution is 2.30. The molecule has 3 heterocycles. The number of hydrogen-bond acceptors (Lipinski definition) is 8. The van der Waals surface area contributed by atoms with Crippen LogP contribution in [0.5, 0.6) is 0 Å². The summed E-state index contributed by atoms with van der Waals surface area (Å²) in [5.41, 5.74) is 5.58. The average molecular weight is 447 g/mol. The molecule has 4 rings (SSSR count). The normalized spacial score (nSPS) is 12.2. The SMILES string of the molecule is COC(=O)c1cccc(NC(=O)Cc2ccncc2)c1-n1c(N)c2c(cc1=O)C(=O)NC2=O. The van der Waals surface area contributed by atoms with Crippen LogP contribution in [0.25, 0.3) is 5.69 Å². The Kier molecular flexibility index (Phi) is 5.44. The number of nitrogens with zero attached hydrogens (tertiary/aromatic N) is 2. The maximum atomic E-state index is 13.0. The third-order valence-electron chi connectivity index (χ3n) is 5.01. The Bertz CT molecular complexity index is 1380. The number of rotatable bonds is 5. The van der Waals surface area contributed by atoms with Crippen LogP contribution in [0.4, 0.5) is 11.5 Å². The topological polar surface area (TPSA) is 162 Å². The maximum Gasteiger partial charge on any atom is 0.340 e. The van der Waals surface area contributed by atoms with Gasteiger partial charge < -0.3 is 15.8 Å². The highest BCUT2D eigenvalue weighted by Gasteiger charge is 2.33. The minimum atomic E-state index is -0.803. The summed E-state index contributed by atoms with van der Waals surface area (Å²) < 4.78 is 5.71. The fourth-order valence-corrected chi connectivity index (χ4v) is 3.55. The molecule has 1 aliphatic heterocycles. The van der Waals surface area contributed by atoms with E-state index in [1.54, 1.807) is 24.5 Å². The van der Waals surface area contributed by atoms with Crippen molar-refractivity contribution in [3.8, 4) is 5.69 Å². The minimum absolute atomic E-state index is 0.00408. The number of anilines is 2. The number of aromatic nitrogens is 2. The number of nitrogens with two attached hydrogens (primary N) is 1. The van der Waals surface area contributed by atoms with Gasteiger partial charge in [-0.15, -0.1) is 0 Å². The highest BCUT2D eigenvalue weighted by molar-refractivity contribution is 6.23. The van der Waals surface area contributed by atoms with E-state index in [1.807, 2.05) is 0 Å². The van der Waals surface area contributed by atoms with Crippen molar-refractivity contribution in [2.45, 2.75) is 6.42 Å². The van der Waals surface area contributed by atoms with E-state index in [1.165, 1.54) is 18.2 Å². The Morgan fingerprint density at radius 1 is 1.12 bits per heavy atom. The summed E-state index contributed by atoms with van der Waals surface area (Å²) in [7, 11) is 1.15. The number of hydrogen-bond donors (Lipinski definition) is 3. The molecule has 0 saturated heterocycles. The smallest absolute Gasteiger partial charge is 0.340 e. The lowest BCUT2D eigenvalue weighted by atomic mass is 10.1. The van der Waals surface area contributed by atoms with Gasteiger partial charge in [0.25, 0.3) is 17.4 Å². The van der Waals surface area contributed by atoms with Gasteiger partial charge in [-0.3, -0.25) is 34.0 Å². The number of ether oxygens (including phenoxy) is 1. The largest absolute Gasteiger partial charge is 0.465 e. The predicted octanol–water partition coefficient (Wildman–Crippen LogP) is 0.666. The molecule has 4 N–H and O–H groups in total. The number of amides is 3. The number of nitrogens with one attached hydrogen (secondary N) is 2. The molecule has 1 aliphatic rings. The van der Waals surface area contributed by atoms with Crippen molar-refractivity contribution < 1.29 is 23.9 Å². The van der Waals surface area contributed by atoms with E-state index in [2.05, 4.69) is 15.6 Å². The fourth-order valence-electron chi connectivity index (χ4n) is 3.55. The average Bonchev–Trinajstić information content (AvgIpc) is 3.07. The van der Waals surface area contributed by atoms with Gasteiger partial charge in [0.05, 0.1) is 41.6 Å². The summed E-state index contributed by atoms with van der Waals surface area (Å²) in [4.78, 5) is 66.2. The molecule has 2 aromatic heterocycles. The molecule has 0 spiro atoms. The van der Waals surface area contributed by atoms with E-state index in [-0.39, 0.29) is 40.3 Å². The van der Waals surface area contributed by atoms with Gasteiger partial charge in [-0.25, -0.2) is 4.79 Å². The third kappa shape index (κ3) is 3.82. The Morgan fingerprint density at radius 3 is 2.55 bits per heavy atom. The van der Waals surface area contributed by atoms with E-state index in [4.69, 9.17) is 10.5 Å². The zero-order valence-corrected chi connectivity index (χ0v) is 17.2. The Balaban J connectivity index is 1.88. The van der Waals surface area contributed by atoms with E-state index in [0.29, 0.717) is 5.56 Å². The second-order valence-electron chi connectivity index (χ2n) is 7.05. The summed E-state index contributed by atoms with van der Waals surface area (Å²) in [6.07, 6.45) is 3.09. The van der Waals surface area contributed by atoms with E-state index in [0.717, 1.165) is 17.7 Å². The van der Waals surface area contributed by atoms with Crippen LogP contribution < -0.4 is 21.9 Å². The Morgan fingerprint density at radius 2 is 1.85 bits per heavy atom. The van der Waals surface area contributed by atoms with Crippen molar-refractivity contribution in [3.05, 3.63) is 81.4 Å².